The molecule has 0 aromatic heterocycles. The van der Waals surface area contributed by atoms with Crippen LogP contribution < -0.4 is 5.30 Å². The van der Waals surface area contributed by atoms with E-state index in [1.54, 1.807) is 37.3 Å². The third kappa shape index (κ3) is 4.54. The highest BCUT2D eigenvalue weighted by atomic mass is 31.2. The third-order valence-corrected chi connectivity index (χ3v) is 4.12. The van der Waals surface area contributed by atoms with Crippen LogP contribution in [-0.2, 0) is 23.1 Å². The Morgan fingerprint density at radius 2 is 1.95 bits per heavy atom. The lowest BCUT2D eigenvalue weighted by atomic mass is 10.4. The molecule has 1 unspecified atom stereocenters. The molecule has 0 bridgehead atoms. The molecule has 19 heavy (non-hydrogen) atoms. The predicted octanol–water partition coefficient (Wildman–Crippen LogP) is 2.63. The number of hydrogen-bond acceptors (Lipinski definition) is 5. The third-order valence-electron chi connectivity index (χ3n) is 2.18. The van der Waals surface area contributed by atoms with Crippen LogP contribution in [0.2, 0.25) is 0 Å². The largest absolute Gasteiger partial charge is 0.463 e. The van der Waals surface area contributed by atoms with Crippen molar-refractivity contribution >= 4 is 18.9 Å². The van der Waals surface area contributed by atoms with Crippen LogP contribution in [-0.4, -0.2) is 19.7 Å². The number of benzene rings is 1. The number of rotatable bonds is 6. The van der Waals surface area contributed by atoms with Gasteiger partial charge in [0.1, 0.15) is 5.76 Å². The summed E-state index contributed by atoms with van der Waals surface area (Å²) in [5.74, 6) is -0.372. The van der Waals surface area contributed by atoms with Gasteiger partial charge in [0.2, 0.25) is 0 Å². The Morgan fingerprint density at radius 1 is 1.32 bits per heavy atom. The summed E-state index contributed by atoms with van der Waals surface area (Å²) >= 11 is 0. The zero-order chi connectivity index (χ0) is 14.3. The van der Waals surface area contributed by atoms with Crippen molar-refractivity contribution in [2.45, 2.75) is 13.8 Å². The molecule has 0 aliphatic heterocycles. The van der Waals surface area contributed by atoms with E-state index in [1.807, 2.05) is 0 Å². The van der Waals surface area contributed by atoms with Gasteiger partial charge in [0.05, 0.1) is 18.0 Å². The molecule has 5 nitrogen and oxygen atoms in total. The Morgan fingerprint density at radius 3 is 2.47 bits per heavy atom. The molecule has 0 saturated carbocycles. The molecule has 1 atom stereocenters. The summed E-state index contributed by atoms with van der Waals surface area (Å²) in [5, 5.41) is 0.425. The number of carbonyl (C=O) groups excluding carboxylic acids is 1. The van der Waals surface area contributed by atoms with E-state index in [9.17, 15) is 9.36 Å². The van der Waals surface area contributed by atoms with Crippen molar-refractivity contribution in [1.82, 2.24) is 0 Å². The van der Waals surface area contributed by atoms with Crippen LogP contribution in [0, 0.1) is 0 Å². The molecular weight excluding hydrogens is 267 g/mol. The second-order valence-electron chi connectivity index (χ2n) is 3.61. The monoisotopic (exact) mass is 284 g/mol. The van der Waals surface area contributed by atoms with Crippen LogP contribution in [0.5, 0.6) is 0 Å². The summed E-state index contributed by atoms with van der Waals surface area (Å²) in [7, 11) is -2.16. The van der Waals surface area contributed by atoms with Crippen molar-refractivity contribution in [3.63, 3.8) is 0 Å². The van der Waals surface area contributed by atoms with Crippen molar-refractivity contribution < 1.29 is 23.1 Å². The molecule has 104 valence electrons. The highest BCUT2D eigenvalue weighted by Gasteiger charge is 2.27. The van der Waals surface area contributed by atoms with Gasteiger partial charge in [-0.25, -0.2) is 9.36 Å². The van der Waals surface area contributed by atoms with Gasteiger partial charge in [-0.1, -0.05) is 18.2 Å². The molecule has 0 aliphatic rings. The van der Waals surface area contributed by atoms with Crippen molar-refractivity contribution in [1.29, 1.82) is 0 Å². The molecule has 0 saturated heterocycles. The second-order valence-corrected chi connectivity index (χ2v) is 5.67. The van der Waals surface area contributed by atoms with Crippen molar-refractivity contribution in [3.8, 4) is 0 Å². The van der Waals surface area contributed by atoms with Crippen LogP contribution in [0.15, 0.2) is 42.2 Å². The lowest BCUT2D eigenvalue weighted by Crippen LogP contribution is -2.09. The Balaban J connectivity index is 2.88. The summed E-state index contributed by atoms with van der Waals surface area (Å²) in [4.78, 5) is 11.3. The minimum atomic E-state index is -3.46. The topological polar surface area (TPSA) is 61.8 Å². The Kier molecular flexibility index (Phi) is 5.80. The fraction of sp³-hybridized carbons (Fsp3) is 0.308. The molecule has 0 aliphatic carbocycles. The maximum Gasteiger partial charge on any atom is 0.410 e. The molecule has 0 spiro atoms. The zero-order valence-corrected chi connectivity index (χ0v) is 12.1. The van der Waals surface area contributed by atoms with E-state index in [2.05, 4.69) is 0 Å². The summed E-state index contributed by atoms with van der Waals surface area (Å²) in [6.45, 7) is 3.49. The van der Waals surface area contributed by atoms with Crippen LogP contribution in [0.1, 0.15) is 13.8 Å². The molecule has 0 amide bonds. The summed E-state index contributed by atoms with van der Waals surface area (Å²) in [6.07, 6.45) is 1.14. The van der Waals surface area contributed by atoms with Gasteiger partial charge < -0.3 is 9.26 Å². The minimum Gasteiger partial charge on any atom is -0.463 e. The van der Waals surface area contributed by atoms with E-state index >= 15 is 0 Å². The van der Waals surface area contributed by atoms with Crippen molar-refractivity contribution in [2.24, 2.45) is 0 Å². The average molecular weight is 284 g/mol. The molecule has 1 aromatic carbocycles. The number of allylic oxidation sites excluding steroid dienone is 1. The van der Waals surface area contributed by atoms with Gasteiger partial charge in [-0.2, -0.15) is 0 Å². The average Bonchev–Trinajstić information content (AvgIpc) is 2.39. The van der Waals surface area contributed by atoms with E-state index < -0.39 is 13.6 Å². The van der Waals surface area contributed by atoms with Gasteiger partial charge in [-0.15, -0.1) is 0 Å². The van der Waals surface area contributed by atoms with Gasteiger partial charge >= 0.3 is 13.6 Å². The first-order valence-electron chi connectivity index (χ1n) is 5.78. The lowest BCUT2D eigenvalue weighted by Gasteiger charge is -2.17. The lowest BCUT2D eigenvalue weighted by molar-refractivity contribution is -0.137. The van der Waals surface area contributed by atoms with Gasteiger partial charge in [0.15, 0.2) is 0 Å². The van der Waals surface area contributed by atoms with Gasteiger partial charge in [0, 0.05) is 7.11 Å². The number of carbonyl (C=O) groups is 1. The summed E-state index contributed by atoms with van der Waals surface area (Å²) in [5.41, 5.74) is 0. The molecule has 0 fully saturated rings. The van der Waals surface area contributed by atoms with E-state index in [-0.39, 0.29) is 12.4 Å². The fourth-order valence-electron chi connectivity index (χ4n) is 1.37. The van der Waals surface area contributed by atoms with Gasteiger partial charge in [-0.3, -0.25) is 4.52 Å². The molecule has 1 aromatic rings. The van der Waals surface area contributed by atoms with E-state index in [1.165, 1.54) is 14.0 Å². The Bertz CT molecular complexity index is 495. The maximum atomic E-state index is 12.5. The summed E-state index contributed by atoms with van der Waals surface area (Å²) in [6, 6.07) is 8.54. The molecule has 0 radical (unpaired) electrons. The predicted molar refractivity (Wildman–Crippen MR) is 72.2 cm³/mol. The first-order valence-corrected chi connectivity index (χ1v) is 7.32. The number of ether oxygens (including phenoxy) is 1. The number of esters is 1. The quantitative estimate of drug-likeness (QED) is 0.348. The zero-order valence-electron chi connectivity index (χ0n) is 11.2. The van der Waals surface area contributed by atoms with Gasteiger partial charge in [0.25, 0.3) is 0 Å². The highest BCUT2D eigenvalue weighted by Crippen LogP contribution is 2.47. The Labute approximate surface area is 112 Å². The standard InChI is InChI=1S/C13H17O5P/c1-4-17-13(14)10-11(2)18-19(15,16-3)12-8-6-5-7-9-12/h5-10H,4H2,1-3H3. The first-order chi connectivity index (χ1) is 9.01. The van der Waals surface area contributed by atoms with Gasteiger partial charge in [-0.05, 0) is 26.0 Å². The smallest absolute Gasteiger partial charge is 0.410 e. The highest BCUT2D eigenvalue weighted by molar-refractivity contribution is 7.62. The van der Waals surface area contributed by atoms with Crippen LogP contribution >= 0.6 is 7.60 Å². The molecule has 6 heteroatoms. The normalized spacial score (nSPS) is 14.6. The van der Waals surface area contributed by atoms with E-state index in [0.29, 0.717) is 5.30 Å². The summed E-state index contributed by atoms with van der Waals surface area (Å²) < 4.78 is 27.5. The number of hydrogen-bond donors (Lipinski definition) is 0. The fourth-order valence-corrected chi connectivity index (χ4v) is 2.73. The van der Waals surface area contributed by atoms with E-state index in [0.717, 1.165) is 6.08 Å². The van der Waals surface area contributed by atoms with Crippen LogP contribution in [0.4, 0.5) is 0 Å². The maximum absolute atomic E-state index is 12.5. The minimum absolute atomic E-state index is 0.174. The molecule has 0 heterocycles. The van der Waals surface area contributed by atoms with Crippen molar-refractivity contribution in [3.05, 3.63) is 42.2 Å². The molecular formula is C13H17O5P. The Hall–Kier alpha value is -1.58. The first kappa shape index (κ1) is 15.5. The van der Waals surface area contributed by atoms with Crippen LogP contribution in [0.25, 0.3) is 0 Å². The molecule has 1 rings (SSSR count). The molecule has 0 N–H and O–H groups in total. The SMILES string of the molecule is CCOC(=O)C=C(C)OP(=O)(OC)c1ccccc1. The van der Waals surface area contributed by atoms with E-state index in [4.69, 9.17) is 13.8 Å². The van der Waals surface area contributed by atoms with Crippen LogP contribution in [0.3, 0.4) is 0 Å². The second kappa shape index (κ2) is 7.12. The van der Waals surface area contributed by atoms with Crippen molar-refractivity contribution in [2.75, 3.05) is 13.7 Å².